The van der Waals surface area contributed by atoms with E-state index < -0.39 is 0 Å². The SMILES string of the molecule is CCN1CCC[C@@H]1CNCc1cccc2ccccc12. The van der Waals surface area contributed by atoms with Crippen molar-refractivity contribution in [2.24, 2.45) is 0 Å². The van der Waals surface area contributed by atoms with E-state index in [1.165, 1.54) is 42.3 Å². The van der Waals surface area contributed by atoms with E-state index in [1.54, 1.807) is 0 Å². The van der Waals surface area contributed by atoms with Gasteiger partial charge in [-0.05, 0) is 42.3 Å². The summed E-state index contributed by atoms with van der Waals surface area (Å²) in [6.07, 6.45) is 2.70. The smallest absolute Gasteiger partial charge is 0.0221 e. The van der Waals surface area contributed by atoms with Gasteiger partial charge in [-0.3, -0.25) is 4.90 Å². The fourth-order valence-electron chi connectivity index (χ4n) is 3.36. The van der Waals surface area contributed by atoms with Gasteiger partial charge in [0.05, 0.1) is 0 Å². The van der Waals surface area contributed by atoms with Crippen molar-refractivity contribution in [1.29, 1.82) is 0 Å². The van der Waals surface area contributed by atoms with Gasteiger partial charge >= 0.3 is 0 Å². The van der Waals surface area contributed by atoms with Gasteiger partial charge in [-0.15, -0.1) is 0 Å². The molecule has 2 heteroatoms. The van der Waals surface area contributed by atoms with Gasteiger partial charge in [0.15, 0.2) is 0 Å². The number of rotatable bonds is 5. The summed E-state index contributed by atoms with van der Waals surface area (Å²) in [5.74, 6) is 0. The van der Waals surface area contributed by atoms with E-state index in [1.807, 2.05) is 0 Å². The van der Waals surface area contributed by atoms with E-state index >= 15 is 0 Å². The average Bonchev–Trinajstić information content (AvgIpc) is 2.95. The van der Waals surface area contributed by atoms with Gasteiger partial charge in [-0.25, -0.2) is 0 Å². The molecule has 0 aliphatic carbocycles. The van der Waals surface area contributed by atoms with Crippen LogP contribution in [0.25, 0.3) is 10.8 Å². The second kappa shape index (κ2) is 6.38. The van der Waals surface area contributed by atoms with Crippen molar-refractivity contribution in [3.8, 4) is 0 Å². The minimum Gasteiger partial charge on any atom is -0.311 e. The number of fused-ring (bicyclic) bond motifs is 1. The molecular weight excluding hydrogens is 244 g/mol. The number of hydrogen-bond acceptors (Lipinski definition) is 2. The predicted molar refractivity (Wildman–Crippen MR) is 85.9 cm³/mol. The van der Waals surface area contributed by atoms with Crippen LogP contribution in [0.2, 0.25) is 0 Å². The van der Waals surface area contributed by atoms with Crippen molar-refractivity contribution >= 4 is 10.8 Å². The van der Waals surface area contributed by atoms with Crippen LogP contribution < -0.4 is 5.32 Å². The maximum absolute atomic E-state index is 3.66. The first-order chi connectivity index (χ1) is 9.88. The zero-order valence-electron chi connectivity index (χ0n) is 12.3. The lowest BCUT2D eigenvalue weighted by Crippen LogP contribution is -2.37. The van der Waals surface area contributed by atoms with Crippen molar-refractivity contribution in [3.63, 3.8) is 0 Å². The Labute approximate surface area is 121 Å². The molecule has 3 rings (SSSR count). The number of likely N-dealkylation sites (tertiary alicyclic amines) is 1. The highest BCUT2D eigenvalue weighted by Gasteiger charge is 2.22. The highest BCUT2D eigenvalue weighted by molar-refractivity contribution is 5.85. The van der Waals surface area contributed by atoms with Crippen molar-refractivity contribution in [2.75, 3.05) is 19.6 Å². The molecule has 2 aromatic carbocycles. The molecule has 0 unspecified atom stereocenters. The second-order valence-corrected chi connectivity index (χ2v) is 5.69. The summed E-state index contributed by atoms with van der Waals surface area (Å²) in [7, 11) is 0. The lowest BCUT2D eigenvalue weighted by Gasteiger charge is -2.23. The molecule has 0 bridgehead atoms. The Balaban J connectivity index is 1.63. The third-order valence-corrected chi connectivity index (χ3v) is 4.48. The van der Waals surface area contributed by atoms with Crippen LogP contribution in [0.3, 0.4) is 0 Å². The molecule has 0 spiro atoms. The van der Waals surface area contributed by atoms with Crippen molar-refractivity contribution in [1.82, 2.24) is 10.2 Å². The van der Waals surface area contributed by atoms with Gasteiger partial charge in [0.1, 0.15) is 0 Å². The van der Waals surface area contributed by atoms with Gasteiger partial charge in [0, 0.05) is 19.1 Å². The summed E-state index contributed by atoms with van der Waals surface area (Å²) in [4.78, 5) is 2.59. The lowest BCUT2D eigenvalue weighted by atomic mass is 10.0. The summed E-state index contributed by atoms with van der Waals surface area (Å²) in [6.45, 7) is 6.80. The first kappa shape index (κ1) is 13.6. The fraction of sp³-hybridized carbons (Fsp3) is 0.444. The van der Waals surface area contributed by atoms with Crippen LogP contribution in [0.4, 0.5) is 0 Å². The molecular formula is C18H24N2. The van der Waals surface area contributed by atoms with Gasteiger partial charge < -0.3 is 5.32 Å². The third-order valence-electron chi connectivity index (χ3n) is 4.48. The molecule has 1 N–H and O–H groups in total. The minimum absolute atomic E-state index is 0.731. The molecule has 1 saturated heterocycles. The molecule has 1 fully saturated rings. The van der Waals surface area contributed by atoms with Crippen LogP contribution in [0.1, 0.15) is 25.3 Å². The Morgan fingerprint density at radius 2 is 2.00 bits per heavy atom. The molecule has 20 heavy (non-hydrogen) atoms. The third kappa shape index (κ3) is 2.87. The van der Waals surface area contributed by atoms with E-state index in [0.29, 0.717) is 0 Å². The lowest BCUT2D eigenvalue weighted by molar-refractivity contribution is 0.260. The topological polar surface area (TPSA) is 15.3 Å². The van der Waals surface area contributed by atoms with Gasteiger partial charge in [0.25, 0.3) is 0 Å². The molecule has 2 aromatic rings. The summed E-state index contributed by atoms with van der Waals surface area (Å²) < 4.78 is 0. The summed E-state index contributed by atoms with van der Waals surface area (Å²) in [5.41, 5.74) is 1.41. The Bertz CT molecular complexity index is 559. The quantitative estimate of drug-likeness (QED) is 0.894. The highest BCUT2D eigenvalue weighted by atomic mass is 15.2. The Morgan fingerprint density at radius 3 is 2.90 bits per heavy atom. The second-order valence-electron chi connectivity index (χ2n) is 5.69. The molecule has 1 aliphatic rings. The minimum atomic E-state index is 0.731. The maximum atomic E-state index is 3.66. The van der Waals surface area contributed by atoms with E-state index in [2.05, 4.69) is 59.6 Å². The van der Waals surface area contributed by atoms with Gasteiger partial charge in [0.2, 0.25) is 0 Å². The molecule has 1 atom stereocenters. The van der Waals surface area contributed by atoms with Crippen molar-refractivity contribution in [3.05, 3.63) is 48.0 Å². The Morgan fingerprint density at radius 1 is 1.15 bits per heavy atom. The number of hydrogen-bond donors (Lipinski definition) is 1. The molecule has 106 valence electrons. The van der Waals surface area contributed by atoms with E-state index in [0.717, 1.165) is 19.1 Å². The van der Waals surface area contributed by atoms with Crippen molar-refractivity contribution in [2.45, 2.75) is 32.4 Å². The van der Waals surface area contributed by atoms with Gasteiger partial charge in [-0.2, -0.15) is 0 Å². The predicted octanol–water partition coefficient (Wildman–Crippen LogP) is 3.41. The zero-order valence-corrected chi connectivity index (χ0v) is 12.3. The molecule has 0 amide bonds. The van der Waals surface area contributed by atoms with Crippen LogP contribution in [0, 0.1) is 0 Å². The van der Waals surface area contributed by atoms with E-state index in [9.17, 15) is 0 Å². The van der Waals surface area contributed by atoms with Crippen LogP contribution in [-0.4, -0.2) is 30.6 Å². The van der Waals surface area contributed by atoms with E-state index in [-0.39, 0.29) is 0 Å². The van der Waals surface area contributed by atoms with Gasteiger partial charge in [-0.1, -0.05) is 49.4 Å². The zero-order chi connectivity index (χ0) is 13.8. The van der Waals surface area contributed by atoms with Crippen LogP contribution in [0.15, 0.2) is 42.5 Å². The first-order valence-electron chi connectivity index (χ1n) is 7.80. The fourth-order valence-corrected chi connectivity index (χ4v) is 3.36. The first-order valence-corrected chi connectivity index (χ1v) is 7.80. The standard InChI is InChI=1S/C18H24N2/c1-2-20-12-6-10-17(20)14-19-13-16-9-5-8-15-7-3-4-11-18(15)16/h3-5,7-9,11,17,19H,2,6,10,12-14H2,1H3/t17-/m1/s1. The Kier molecular flexibility index (Phi) is 4.34. The summed E-state index contributed by atoms with van der Waals surface area (Å²) >= 11 is 0. The Hall–Kier alpha value is -1.38. The number of nitrogens with zero attached hydrogens (tertiary/aromatic N) is 1. The van der Waals surface area contributed by atoms with Crippen LogP contribution in [-0.2, 0) is 6.54 Å². The van der Waals surface area contributed by atoms with Crippen molar-refractivity contribution < 1.29 is 0 Å². The van der Waals surface area contributed by atoms with Crippen LogP contribution >= 0.6 is 0 Å². The molecule has 0 aromatic heterocycles. The molecule has 0 radical (unpaired) electrons. The summed E-state index contributed by atoms with van der Waals surface area (Å²) in [6, 6.07) is 16.0. The molecule has 2 nitrogen and oxygen atoms in total. The monoisotopic (exact) mass is 268 g/mol. The highest BCUT2D eigenvalue weighted by Crippen LogP contribution is 2.19. The maximum Gasteiger partial charge on any atom is 0.0221 e. The van der Waals surface area contributed by atoms with Crippen LogP contribution in [0.5, 0.6) is 0 Å². The number of likely N-dealkylation sites (N-methyl/N-ethyl adjacent to an activating group) is 1. The number of benzene rings is 2. The number of nitrogens with one attached hydrogen (secondary N) is 1. The average molecular weight is 268 g/mol. The molecule has 1 heterocycles. The molecule has 0 saturated carbocycles. The molecule has 1 aliphatic heterocycles. The summed E-state index contributed by atoms with van der Waals surface area (Å²) in [5, 5.41) is 6.37. The van der Waals surface area contributed by atoms with E-state index in [4.69, 9.17) is 0 Å². The largest absolute Gasteiger partial charge is 0.311 e. The normalized spacial score (nSPS) is 19.8.